The summed E-state index contributed by atoms with van der Waals surface area (Å²) in [5.41, 5.74) is 1.74. The Hall–Kier alpha value is -4.16. The van der Waals surface area contributed by atoms with E-state index in [1.807, 2.05) is 85.8 Å². The average molecular weight is 509 g/mol. The third-order valence-corrected chi connectivity index (χ3v) is 6.96. The van der Waals surface area contributed by atoms with Gasteiger partial charge >= 0.3 is 0 Å². The van der Waals surface area contributed by atoms with Gasteiger partial charge in [0, 0.05) is 31.6 Å². The van der Waals surface area contributed by atoms with Gasteiger partial charge in [-0.15, -0.1) is 0 Å². The van der Waals surface area contributed by atoms with Crippen molar-refractivity contribution in [3.8, 4) is 5.75 Å². The van der Waals surface area contributed by atoms with Crippen LogP contribution in [0.25, 0.3) is 10.8 Å². The minimum Gasteiger partial charge on any atom is -0.494 e. The molecule has 0 aliphatic carbocycles. The maximum absolute atomic E-state index is 13.9. The highest BCUT2D eigenvalue weighted by molar-refractivity contribution is 6.01. The predicted octanol–water partition coefficient (Wildman–Crippen LogP) is 5.06. The van der Waals surface area contributed by atoms with Crippen LogP contribution in [0.5, 0.6) is 5.75 Å². The number of amides is 1. The van der Waals surface area contributed by atoms with Crippen LogP contribution < -0.4 is 10.1 Å². The van der Waals surface area contributed by atoms with Gasteiger partial charge in [0.1, 0.15) is 11.9 Å². The summed E-state index contributed by atoms with van der Waals surface area (Å²) in [5, 5.41) is 14.4. The van der Waals surface area contributed by atoms with Crippen LogP contribution in [0.15, 0.2) is 102 Å². The molecule has 0 bridgehead atoms. The van der Waals surface area contributed by atoms with E-state index in [-0.39, 0.29) is 12.5 Å². The fourth-order valence-corrected chi connectivity index (χ4v) is 4.83. The molecule has 0 saturated carbocycles. The molecule has 2 N–H and O–H groups in total. The lowest BCUT2D eigenvalue weighted by Crippen LogP contribution is -2.52. The van der Waals surface area contributed by atoms with Crippen LogP contribution in [-0.4, -0.2) is 41.8 Å². The summed E-state index contributed by atoms with van der Waals surface area (Å²) in [6, 6.07) is 31.7. The zero-order valence-electron chi connectivity index (χ0n) is 21.5. The first-order valence-electron chi connectivity index (χ1n) is 13.0. The second kappa shape index (κ2) is 11.5. The molecule has 0 spiro atoms. The first-order chi connectivity index (χ1) is 18.6. The van der Waals surface area contributed by atoms with E-state index in [0.29, 0.717) is 37.6 Å². The second-order valence-corrected chi connectivity index (χ2v) is 9.53. The molecule has 6 nitrogen and oxygen atoms in total. The lowest BCUT2D eigenvalue weighted by molar-refractivity contribution is -0.128. The number of aliphatic imine (C=N–C) groups is 1. The fraction of sp³-hybridized carbons (Fsp3) is 0.250. The third kappa shape index (κ3) is 5.41. The highest BCUT2D eigenvalue weighted by Gasteiger charge is 2.50. The molecule has 194 valence electrons. The number of nitrogens with one attached hydrogen (secondary N) is 1. The number of nitrogens with zero attached hydrogens (tertiary/aromatic N) is 1. The molecule has 38 heavy (non-hydrogen) atoms. The number of ether oxygens (including phenoxy) is 2. The minimum atomic E-state index is -1.11. The molecule has 1 aliphatic heterocycles. The number of carbonyl (C=O) groups is 1. The van der Waals surface area contributed by atoms with Crippen molar-refractivity contribution < 1.29 is 19.4 Å². The number of rotatable bonds is 10. The van der Waals surface area contributed by atoms with Gasteiger partial charge in [0.15, 0.2) is 5.54 Å². The van der Waals surface area contributed by atoms with Crippen LogP contribution in [0.3, 0.4) is 0 Å². The van der Waals surface area contributed by atoms with E-state index in [1.165, 1.54) is 0 Å². The van der Waals surface area contributed by atoms with E-state index < -0.39 is 11.6 Å². The number of aliphatic hydroxyl groups is 1. The van der Waals surface area contributed by atoms with E-state index >= 15 is 0 Å². The van der Waals surface area contributed by atoms with Crippen molar-refractivity contribution in [2.45, 2.75) is 38.0 Å². The first kappa shape index (κ1) is 25.5. The maximum Gasteiger partial charge on any atom is 0.252 e. The van der Waals surface area contributed by atoms with Gasteiger partial charge < -0.3 is 19.9 Å². The molecule has 4 aromatic carbocycles. The van der Waals surface area contributed by atoms with Crippen molar-refractivity contribution in [2.24, 2.45) is 4.99 Å². The van der Waals surface area contributed by atoms with E-state index in [1.54, 1.807) is 0 Å². The zero-order chi connectivity index (χ0) is 26.4. The number of hydrogen-bond donors (Lipinski definition) is 2. The van der Waals surface area contributed by atoms with E-state index in [0.717, 1.165) is 27.5 Å². The molecule has 5 rings (SSSR count). The van der Waals surface area contributed by atoms with Gasteiger partial charge in [0.25, 0.3) is 5.91 Å². The zero-order valence-corrected chi connectivity index (χ0v) is 21.5. The maximum atomic E-state index is 13.9. The number of hydrogen-bond acceptors (Lipinski definition) is 5. The van der Waals surface area contributed by atoms with Crippen LogP contribution in [0, 0.1) is 0 Å². The molecule has 2 atom stereocenters. The average Bonchev–Trinajstić information content (AvgIpc) is 3.29. The molecule has 0 fully saturated rings. The number of carbonyl (C=O) groups excluding carboxylic acids is 1. The Bertz CT molecular complexity index is 1410. The Labute approximate surface area is 222 Å². The molecule has 1 heterocycles. The van der Waals surface area contributed by atoms with E-state index in [9.17, 15) is 4.79 Å². The lowest BCUT2D eigenvalue weighted by Gasteiger charge is -2.28. The molecular formula is C32H32N2O4. The molecule has 0 unspecified atom stereocenters. The van der Waals surface area contributed by atoms with Crippen molar-refractivity contribution >= 4 is 22.6 Å². The van der Waals surface area contributed by atoms with Gasteiger partial charge in [-0.05, 0) is 53.1 Å². The fourth-order valence-electron chi connectivity index (χ4n) is 4.83. The Morgan fingerprint density at radius 2 is 1.71 bits per heavy atom. The van der Waals surface area contributed by atoms with Gasteiger partial charge in [0.05, 0.1) is 6.61 Å². The van der Waals surface area contributed by atoms with Gasteiger partial charge in [0.2, 0.25) is 5.90 Å². The van der Waals surface area contributed by atoms with Crippen molar-refractivity contribution in [3.63, 3.8) is 0 Å². The highest BCUT2D eigenvalue weighted by Crippen LogP contribution is 2.33. The molecule has 0 saturated heterocycles. The smallest absolute Gasteiger partial charge is 0.252 e. The summed E-state index contributed by atoms with van der Waals surface area (Å²) in [6.07, 6.45) is 0.526. The summed E-state index contributed by atoms with van der Waals surface area (Å²) in [7, 11) is 0. The van der Waals surface area contributed by atoms with Crippen LogP contribution in [0.1, 0.15) is 30.0 Å². The summed E-state index contributed by atoms with van der Waals surface area (Å²) >= 11 is 0. The number of benzene rings is 4. The van der Waals surface area contributed by atoms with Crippen LogP contribution in [0.4, 0.5) is 0 Å². The van der Waals surface area contributed by atoms with Crippen LogP contribution in [0.2, 0.25) is 0 Å². The normalized spacial score (nSPS) is 18.6. The minimum absolute atomic E-state index is 0.0900. The molecule has 0 aromatic heterocycles. The Morgan fingerprint density at radius 1 is 0.974 bits per heavy atom. The molecule has 1 amide bonds. The molecule has 6 heteroatoms. The Morgan fingerprint density at radius 3 is 2.50 bits per heavy atom. The van der Waals surface area contributed by atoms with Crippen molar-refractivity contribution in [3.05, 3.63) is 114 Å². The largest absolute Gasteiger partial charge is 0.494 e. The standard InChI is InChI=1S/C32H32N2O4/c1-23-32(21-24-9-3-2-4-10-24,31(36)33-22-27-13-7-12-25-11-5-6-14-29(25)27)34-30(38-23)26-15-17-28(18-16-26)37-20-8-19-35/h2-7,9-18,23,35H,8,19-22H2,1H3,(H,33,36)/t23-,32-/m1/s1. The molecular weight excluding hydrogens is 476 g/mol. The second-order valence-electron chi connectivity index (χ2n) is 9.53. The van der Waals surface area contributed by atoms with Crippen molar-refractivity contribution in [2.75, 3.05) is 13.2 Å². The van der Waals surface area contributed by atoms with E-state index in [4.69, 9.17) is 19.6 Å². The monoisotopic (exact) mass is 508 g/mol. The topological polar surface area (TPSA) is 80.2 Å². The molecule has 0 radical (unpaired) electrons. The lowest BCUT2D eigenvalue weighted by atomic mass is 9.86. The summed E-state index contributed by atoms with van der Waals surface area (Å²) in [6.45, 7) is 2.84. The van der Waals surface area contributed by atoms with Gasteiger partial charge in [-0.2, -0.15) is 0 Å². The number of aliphatic hydroxyl groups excluding tert-OH is 1. The molecule has 1 aliphatic rings. The SMILES string of the molecule is C[C@H]1OC(c2ccc(OCCCO)cc2)=N[C@@]1(Cc1ccccc1)C(=O)NCc1cccc2ccccc12. The van der Waals surface area contributed by atoms with Gasteiger partial charge in [-0.3, -0.25) is 4.79 Å². The summed E-state index contributed by atoms with van der Waals surface area (Å²) in [4.78, 5) is 18.9. The Balaban J connectivity index is 1.42. The Kier molecular flexibility index (Phi) is 7.70. The van der Waals surface area contributed by atoms with Crippen LogP contribution >= 0.6 is 0 Å². The first-order valence-corrected chi connectivity index (χ1v) is 13.0. The van der Waals surface area contributed by atoms with Gasteiger partial charge in [-0.25, -0.2) is 4.99 Å². The quantitative estimate of drug-likeness (QED) is 0.293. The van der Waals surface area contributed by atoms with Crippen LogP contribution in [-0.2, 0) is 22.5 Å². The molecule has 4 aromatic rings. The predicted molar refractivity (Wildman–Crippen MR) is 149 cm³/mol. The third-order valence-electron chi connectivity index (χ3n) is 6.96. The van der Waals surface area contributed by atoms with Crippen molar-refractivity contribution in [1.29, 1.82) is 0 Å². The van der Waals surface area contributed by atoms with Crippen molar-refractivity contribution in [1.82, 2.24) is 5.32 Å². The summed E-state index contributed by atoms with van der Waals surface area (Å²) in [5.74, 6) is 0.980. The number of fused-ring (bicyclic) bond motifs is 1. The summed E-state index contributed by atoms with van der Waals surface area (Å²) < 4.78 is 11.9. The van der Waals surface area contributed by atoms with E-state index in [2.05, 4.69) is 23.5 Å². The van der Waals surface area contributed by atoms with Gasteiger partial charge in [-0.1, -0.05) is 72.8 Å². The highest BCUT2D eigenvalue weighted by atomic mass is 16.5.